The molecule has 2 aromatic carbocycles. The fourth-order valence-corrected chi connectivity index (χ4v) is 2.26. The molecule has 1 aromatic heterocycles. The molecule has 1 N–H and O–H groups in total. The van der Waals surface area contributed by atoms with Gasteiger partial charge in [-0.1, -0.05) is 12.1 Å². The van der Waals surface area contributed by atoms with Crippen molar-refractivity contribution in [1.29, 1.82) is 0 Å². The Hall–Kier alpha value is -2.33. The van der Waals surface area contributed by atoms with E-state index in [0.29, 0.717) is 12.1 Å². The van der Waals surface area contributed by atoms with Crippen LogP contribution in [-0.4, -0.2) is 4.98 Å². The van der Waals surface area contributed by atoms with E-state index in [1.807, 2.05) is 30.3 Å². The van der Waals surface area contributed by atoms with Crippen LogP contribution in [0.3, 0.4) is 0 Å². The van der Waals surface area contributed by atoms with Crippen LogP contribution in [0.15, 0.2) is 54.7 Å². The molecule has 2 nitrogen and oxygen atoms in total. The van der Waals surface area contributed by atoms with E-state index in [4.69, 9.17) is 0 Å². The van der Waals surface area contributed by atoms with Crippen molar-refractivity contribution in [3.8, 4) is 0 Å². The lowest BCUT2D eigenvalue weighted by Gasteiger charge is -2.07. The van der Waals surface area contributed by atoms with Gasteiger partial charge in [0.25, 0.3) is 0 Å². The van der Waals surface area contributed by atoms with Gasteiger partial charge in [-0.25, -0.2) is 8.78 Å². The average molecular weight is 284 g/mol. The molecule has 0 aliphatic heterocycles. The van der Waals surface area contributed by atoms with Gasteiger partial charge in [-0.2, -0.15) is 0 Å². The molecule has 0 aliphatic carbocycles. The molecule has 106 valence electrons. The fourth-order valence-electron chi connectivity index (χ4n) is 2.26. The standard InChI is InChI=1S/C17H14F2N2/c18-15-4-5-16(19)14(9-15)11-20-10-12-3-6-17-13(8-12)2-1-7-21-17/h1-9,20H,10-11H2. The average Bonchev–Trinajstić information content (AvgIpc) is 2.50. The number of rotatable bonds is 4. The van der Waals surface area contributed by atoms with Crippen molar-refractivity contribution in [2.45, 2.75) is 13.1 Å². The molecule has 0 saturated heterocycles. The van der Waals surface area contributed by atoms with Gasteiger partial charge >= 0.3 is 0 Å². The van der Waals surface area contributed by atoms with Gasteiger partial charge in [-0.3, -0.25) is 4.98 Å². The third-order valence-electron chi connectivity index (χ3n) is 3.32. The first-order chi connectivity index (χ1) is 10.2. The molecule has 0 aliphatic rings. The number of hydrogen-bond acceptors (Lipinski definition) is 2. The Balaban J connectivity index is 1.67. The van der Waals surface area contributed by atoms with Crippen molar-refractivity contribution in [3.05, 3.63) is 77.5 Å². The predicted octanol–water partition coefficient (Wildman–Crippen LogP) is 3.80. The topological polar surface area (TPSA) is 24.9 Å². The van der Waals surface area contributed by atoms with Crippen molar-refractivity contribution in [1.82, 2.24) is 10.3 Å². The van der Waals surface area contributed by atoms with Crippen molar-refractivity contribution < 1.29 is 8.78 Å². The number of pyridine rings is 1. The smallest absolute Gasteiger partial charge is 0.127 e. The second-order valence-electron chi connectivity index (χ2n) is 4.87. The molecule has 0 amide bonds. The summed E-state index contributed by atoms with van der Waals surface area (Å²) >= 11 is 0. The summed E-state index contributed by atoms with van der Waals surface area (Å²) in [6.45, 7) is 0.870. The number of nitrogens with zero attached hydrogens (tertiary/aromatic N) is 1. The molecule has 3 aromatic rings. The van der Waals surface area contributed by atoms with E-state index in [0.717, 1.165) is 28.6 Å². The van der Waals surface area contributed by atoms with E-state index >= 15 is 0 Å². The summed E-state index contributed by atoms with van der Waals surface area (Å²) < 4.78 is 26.6. The minimum Gasteiger partial charge on any atom is -0.309 e. The van der Waals surface area contributed by atoms with Crippen LogP contribution < -0.4 is 5.32 Å². The summed E-state index contributed by atoms with van der Waals surface area (Å²) in [5, 5.41) is 4.19. The Morgan fingerprint density at radius 2 is 1.86 bits per heavy atom. The minimum absolute atomic E-state index is 0.286. The Bertz CT molecular complexity index is 772. The highest BCUT2D eigenvalue weighted by Gasteiger charge is 2.03. The fraction of sp³-hybridized carbons (Fsp3) is 0.118. The molecule has 0 spiro atoms. The van der Waals surface area contributed by atoms with Gasteiger partial charge in [0.05, 0.1) is 5.52 Å². The number of benzene rings is 2. The van der Waals surface area contributed by atoms with Crippen molar-refractivity contribution in [3.63, 3.8) is 0 Å². The van der Waals surface area contributed by atoms with E-state index in [1.54, 1.807) is 6.20 Å². The zero-order chi connectivity index (χ0) is 14.7. The zero-order valence-electron chi connectivity index (χ0n) is 11.3. The first kappa shape index (κ1) is 13.6. The van der Waals surface area contributed by atoms with E-state index < -0.39 is 11.6 Å². The van der Waals surface area contributed by atoms with Gasteiger partial charge < -0.3 is 5.32 Å². The second-order valence-corrected chi connectivity index (χ2v) is 4.87. The maximum absolute atomic E-state index is 13.5. The van der Waals surface area contributed by atoms with Crippen LogP contribution in [0.25, 0.3) is 10.9 Å². The molecule has 21 heavy (non-hydrogen) atoms. The van der Waals surface area contributed by atoms with Gasteiger partial charge in [0.1, 0.15) is 11.6 Å². The maximum Gasteiger partial charge on any atom is 0.127 e. The monoisotopic (exact) mass is 284 g/mol. The van der Waals surface area contributed by atoms with Crippen molar-refractivity contribution in [2.75, 3.05) is 0 Å². The molecular weight excluding hydrogens is 270 g/mol. The number of aromatic nitrogens is 1. The summed E-state index contributed by atoms with van der Waals surface area (Å²) in [5.74, 6) is -0.823. The predicted molar refractivity (Wildman–Crippen MR) is 78.6 cm³/mol. The summed E-state index contributed by atoms with van der Waals surface area (Å²) in [6, 6.07) is 13.3. The Morgan fingerprint density at radius 1 is 0.952 bits per heavy atom. The highest BCUT2D eigenvalue weighted by molar-refractivity contribution is 5.78. The molecule has 0 unspecified atom stereocenters. The summed E-state index contributed by atoms with van der Waals surface area (Å²) in [5.41, 5.74) is 2.35. The van der Waals surface area contributed by atoms with Crippen LogP contribution in [0.4, 0.5) is 8.78 Å². The van der Waals surface area contributed by atoms with E-state index in [2.05, 4.69) is 10.3 Å². The Kier molecular flexibility index (Phi) is 3.88. The third-order valence-corrected chi connectivity index (χ3v) is 3.32. The van der Waals surface area contributed by atoms with E-state index in [1.165, 1.54) is 6.07 Å². The number of fused-ring (bicyclic) bond motifs is 1. The van der Waals surface area contributed by atoms with Crippen LogP contribution in [0, 0.1) is 11.6 Å². The molecular formula is C17H14F2N2. The normalized spacial score (nSPS) is 11.0. The van der Waals surface area contributed by atoms with Gasteiger partial charge in [0.15, 0.2) is 0 Å². The molecule has 0 atom stereocenters. The lowest BCUT2D eigenvalue weighted by molar-refractivity contribution is 0.568. The van der Waals surface area contributed by atoms with Gasteiger partial charge in [-0.15, -0.1) is 0 Å². The summed E-state index contributed by atoms with van der Waals surface area (Å²) in [4.78, 5) is 4.26. The molecule has 0 fully saturated rings. The highest BCUT2D eigenvalue weighted by Crippen LogP contribution is 2.14. The molecule has 0 saturated carbocycles. The van der Waals surface area contributed by atoms with Crippen LogP contribution in [-0.2, 0) is 13.1 Å². The summed E-state index contributed by atoms with van der Waals surface area (Å²) in [6.07, 6.45) is 1.76. The highest BCUT2D eigenvalue weighted by atomic mass is 19.1. The Labute approximate surface area is 121 Å². The first-order valence-electron chi connectivity index (χ1n) is 6.71. The second kappa shape index (κ2) is 5.97. The van der Waals surface area contributed by atoms with E-state index in [-0.39, 0.29) is 6.54 Å². The van der Waals surface area contributed by atoms with Gasteiger partial charge in [-0.05, 0) is 42.0 Å². The molecule has 4 heteroatoms. The lowest BCUT2D eigenvalue weighted by Crippen LogP contribution is -2.14. The molecule has 3 rings (SSSR count). The van der Waals surface area contributed by atoms with Crippen LogP contribution in [0.1, 0.15) is 11.1 Å². The third kappa shape index (κ3) is 3.23. The zero-order valence-corrected chi connectivity index (χ0v) is 11.3. The quantitative estimate of drug-likeness (QED) is 0.788. The summed E-state index contributed by atoms with van der Waals surface area (Å²) in [7, 11) is 0. The molecule has 0 bridgehead atoms. The molecule has 0 radical (unpaired) electrons. The molecule has 1 heterocycles. The van der Waals surface area contributed by atoms with Crippen molar-refractivity contribution >= 4 is 10.9 Å². The lowest BCUT2D eigenvalue weighted by atomic mass is 10.1. The number of halogens is 2. The maximum atomic E-state index is 13.5. The number of nitrogens with one attached hydrogen (secondary N) is 1. The van der Waals surface area contributed by atoms with Gasteiger partial charge in [0, 0.05) is 30.2 Å². The largest absolute Gasteiger partial charge is 0.309 e. The Morgan fingerprint density at radius 3 is 2.76 bits per heavy atom. The minimum atomic E-state index is -0.426. The van der Waals surface area contributed by atoms with Crippen LogP contribution >= 0.6 is 0 Å². The SMILES string of the molecule is Fc1ccc(F)c(CNCc2ccc3ncccc3c2)c1. The first-order valence-corrected chi connectivity index (χ1v) is 6.71. The van der Waals surface area contributed by atoms with Gasteiger partial charge in [0.2, 0.25) is 0 Å². The van der Waals surface area contributed by atoms with Crippen LogP contribution in [0.5, 0.6) is 0 Å². The van der Waals surface area contributed by atoms with Crippen LogP contribution in [0.2, 0.25) is 0 Å². The number of hydrogen-bond donors (Lipinski definition) is 1. The van der Waals surface area contributed by atoms with Crippen molar-refractivity contribution in [2.24, 2.45) is 0 Å². The van der Waals surface area contributed by atoms with E-state index in [9.17, 15) is 8.78 Å².